The van der Waals surface area contributed by atoms with Gasteiger partial charge in [-0.25, -0.2) is 8.42 Å². The number of benzene rings is 2. The van der Waals surface area contributed by atoms with Crippen LogP contribution in [0.5, 0.6) is 0 Å². The number of amides is 2. The van der Waals surface area contributed by atoms with Gasteiger partial charge < -0.3 is 10.2 Å². The third-order valence-corrected chi connectivity index (χ3v) is 8.02. The van der Waals surface area contributed by atoms with Crippen molar-refractivity contribution < 1.29 is 18.0 Å². The Kier molecular flexibility index (Phi) is 7.29. The summed E-state index contributed by atoms with van der Waals surface area (Å²) in [6.07, 6.45) is 2.14. The lowest BCUT2D eigenvalue weighted by Crippen LogP contribution is -2.50. The van der Waals surface area contributed by atoms with Gasteiger partial charge in [-0.2, -0.15) is 0 Å². The third-order valence-electron chi connectivity index (χ3n) is 5.31. The zero-order valence-electron chi connectivity index (χ0n) is 17.3. The number of likely N-dealkylation sites (tertiary alicyclic amines) is 1. The molecular weight excluding hydrogens is 459 g/mol. The van der Waals surface area contributed by atoms with Crippen LogP contribution in [0.25, 0.3) is 0 Å². The highest BCUT2D eigenvalue weighted by atomic mass is 35.5. The lowest BCUT2D eigenvalue weighted by molar-refractivity contribution is -0.121. The van der Waals surface area contributed by atoms with Gasteiger partial charge in [0.25, 0.3) is 5.91 Å². The summed E-state index contributed by atoms with van der Waals surface area (Å²) < 4.78 is 24.6. The van der Waals surface area contributed by atoms with E-state index in [-0.39, 0.29) is 16.7 Å². The molecule has 0 spiro atoms. The fourth-order valence-corrected chi connectivity index (χ4v) is 4.99. The molecule has 1 saturated heterocycles. The van der Waals surface area contributed by atoms with Crippen LogP contribution in [0.15, 0.2) is 47.4 Å². The number of hydrogen-bond acceptors (Lipinski definition) is 4. The molecule has 9 heteroatoms. The second kappa shape index (κ2) is 9.59. The second-order valence-corrected chi connectivity index (χ2v) is 11.1. The molecule has 0 aliphatic carbocycles. The predicted molar refractivity (Wildman–Crippen MR) is 123 cm³/mol. The van der Waals surface area contributed by atoms with Gasteiger partial charge >= 0.3 is 0 Å². The van der Waals surface area contributed by atoms with Crippen molar-refractivity contribution in [1.29, 1.82) is 0 Å². The number of nitrogens with one attached hydrogen (secondary N) is 1. The maximum atomic E-state index is 13.1. The first-order chi connectivity index (χ1) is 14.6. The molecule has 0 saturated carbocycles. The Morgan fingerprint density at radius 3 is 2.35 bits per heavy atom. The van der Waals surface area contributed by atoms with Gasteiger partial charge in [0.05, 0.1) is 20.9 Å². The minimum atomic E-state index is -3.42. The highest BCUT2D eigenvalue weighted by Crippen LogP contribution is 2.27. The monoisotopic (exact) mass is 482 g/mol. The van der Waals surface area contributed by atoms with Crippen LogP contribution in [0.4, 0.5) is 5.69 Å². The predicted octanol–water partition coefficient (Wildman–Crippen LogP) is 4.81. The Balaban J connectivity index is 1.79. The molecule has 2 aromatic carbocycles. The molecule has 1 aliphatic heterocycles. The molecule has 0 aromatic heterocycles. The number of anilines is 1. The number of halogens is 2. The van der Waals surface area contributed by atoms with E-state index in [1.54, 1.807) is 26.0 Å². The molecule has 2 aromatic rings. The van der Waals surface area contributed by atoms with Crippen molar-refractivity contribution >= 4 is 50.5 Å². The van der Waals surface area contributed by atoms with Gasteiger partial charge in [-0.3, -0.25) is 9.59 Å². The summed E-state index contributed by atoms with van der Waals surface area (Å²) in [5.41, 5.74) is 0.768. The normalized spacial score (nSPS) is 16.9. The topological polar surface area (TPSA) is 83.6 Å². The summed E-state index contributed by atoms with van der Waals surface area (Å²) in [6.45, 7) is 3.66. The van der Waals surface area contributed by atoms with Gasteiger partial charge in [0.2, 0.25) is 5.91 Å². The SMILES string of the molecule is CC(C)S(=O)(=O)c1ccc(C(=O)N2CCCCC2C(=O)Nc2ccc(Cl)cc2Cl)cc1. The average Bonchev–Trinajstić information content (AvgIpc) is 2.75. The van der Waals surface area contributed by atoms with Gasteiger partial charge in [-0.05, 0) is 75.6 Å². The largest absolute Gasteiger partial charge is 0.327 e. The number of nitrogens with zero attached hydrogens (tertiary/aromatic N) is 1. The molecule has 2 amide bonds. The minimum absolute atomic E-state index is 0.171. The van der Waals surface area contributed by atoms with E-state index in [0.717, 1.165) is 12.8 Å². The van der Waals surface area contributed by atoms with Crippen LogP contribution in [-0.2, 0) is 14.6 Å². The van der Waals surface area contributed by atoms with E-state index in [4.69, 9.17) is 23.2 Å². The molecule has 0 radical (unpaired) electrons. The Morgan fingerprint density at radius 1 is 1.06 bits per heavy atom. The summed E-state index contributed by atoms with van der Waals surface area (Å²) >= 11 is 12.1. The second-order valence-electron chi connectivity index (χ2n) is 7.74. The number of rotatable bonds is 5. The van der Waals surface area contributed by atoms with Crippen LogP contribution in [-0.4, -0.2) is 43.0 Å². The van der Waals surface area contributed by atoms with Crippen LogP contribution in [0, 0.1) is 0 Å². The number of sulfone groups is 1. The van der Waals surface area contributed by atoms with Crippen molar-refractivity contribution in [1.82, 2.24) is 4.90 Å². The maximum Gasteiger partial charge on any atom is 0.254 e. The first-order valence-electron chi connectivity index (χ1n) is 10.0. The van der Waals surface area contributed by atoms with Crippen LogP contribution in [0.2, 0.25) is 10.0 Å². The molecule has 166 valence electrons. The molecular formula is C22H24Cl2N2O4S. The summed E-state index contributed by atoms with van der Waals surface area (Å²) in [5.74, 6) is -0.633. The Hall–Kier alpha value is -2.09. The van der Waals surface area contributed by atoms with Crippen LogP contribution in [0.1, 0.15) is 43.5 Å². The lowest BCUT2D eigenvalue weighted by atomic mass is 10.00. The van der Waals surface area contributed by atoms with E-state index < -0.39 is 21.1 Å². The van der Waals surface area contributed by atoms with Crippen LogP contribution < -0.4 is 5.32 Å². The van der Waals surface area contributed by atoms with Crippen LogP contribution >= 0.6 is 23.2 Å². The zero-order valence-corrected chi connectivity index (χ0v) is 19.6. The molecule has 1 unspecified atom stereocenters. The third kappa shape index (κ3) is 5.22. The van der Waals surface area contributed by atoms with Crippen molar-refractivity contribution in [3.63, 3.8) is 0 Å². The number of hydrogen-bond donors (Lipinski definition) is 1. The van der Waals surface area contributed by atoms with Crippen molar-refractivity contribution in [3.05, 3.63) is 58.1 Å². The number of carbonyl (C=O) groups excluding carboxylic acids is 2. The van der Waals surface area contributed by atoms with Crippen molar-refractivity contribution in [2.75, 3.05) is 11.9 Å². The smallest absolute Gasteiger partial charge is 0.254 e. The Bertz CT molecular complexity index is 1090. The fourth-order valence-electron chi connectivity index (χ4n) is 3.48. The standard InChI is InChI=1S/C22H24Cl2N2O4S/c1-14(2)31(29,30)17-9-6-15(7-10-17)22(28)26-12-4-3-5-20(26)21(27)25-19-11-8-16(23)13-18(19)24/h6-11,13-14,20H,3-5,12H2,1-2H3,(H,25,27). The van der Waals surface area contributed by atoms with Crippen molar-refractivity contribution in [3.8, 4) is 0 Å². The van der Waals surface area contributed by atoms with Gasteiger partial charge in [0, 0.05) is 17.1 Å². The minimum Gasteiger partial charge on any atom is -0.327 e. The van der Waals surface area contributed by atoms with E-state index in [0.29, 0.717) is 34.3 Å². The van der Waals surface area contributed by atoms with Gasteiger partial charge in [0.1, 0.15) is 6.04 Å². The molecule has 1 heterocycles. The van der Waals surface area contributed by atoms with E-state index >= 15 is 0 Å². The summed E-state index contributed by atoms with van der Waals surface area (Å²) in [6, 6.07) is 10.0. The van der Waals surface area contributed by atoms with Crippen molar-refractivity contribution in [2.45, 2.75) is 49.3 Å². The van der Waals surface area contributed by atoms with Gasteiger partial charge in [-0.15, -0.1) is 0 Å². The van der Waals surface area contributed by atoms with Gasteiger partial charge in [-0.1, -0.05) is 23.2 Å². The summed E-state index contributed by atoms with van der Waals surface area (Å²) in [5, 5.41) is 3.01. The molecule has 6 nitrogen and oxygen atoms in total. The number of piperidine rings is 1. The first-order valence-corrected chi connectivity index (χ1v) is 12.3. The Labute approximate surface area is 192 Å². The molecule has 1 fully saturated rings. The number of carbonyl (C=O) groups is 2. The summed E-state index contributed by atoms with van der Waals surface area (Å²) in [4.78, 5) is 27.8. The molecule has 1 atom stereocenters. The lowest BCUT2D eigenvalue weighted by Gasteiger charge is -2.35. The van der Waals surface area contributed by atoms with E-state index in [2.05, 4.69) is 5.32 Å². The Morgan fingerprint density at radius 2 is 1.74 bits per heavy atom. The summed E-state index contributed by atoms with van der Waals surface area (Å²) in [7, 11) is -3.42. The molecule has 3 rings (SSSR count). The van der Waals surface area contributed by atoms with Crippen molar-refractivity contribution in [2.24, 2.45) is 0 Å². The zero-order chi connectivity index (χ0) is 22.8. The quantitative estimate of drug-likeness (QED) is 0.662. The fraction of sp³-hybridized carbons (Fsp3) is 0.364. The van der Waals surface area contributed by atoms with E-state index in [9.17, 15) is 18.0 Å². The highest BCUT2D eigenvalue weighted by Gasteiger charge is 2.33. The average molecular weight is 483 g/mol. The first kappa shape index (κ1) is 23.6. The van der Waals surface area contributed by atoms with E-state index in [1.807, 2.05) is 0 Å². The molecule has 0 bridgehead atoms. The van der Waals surface area contributed by atoms with E-state index in [1.165, 1.54) is 35.2 Å². The molecule has 31 heavy (non-hydrogen) atoms. The van der Waals surface area contributed by atoms with Crippen LogP contribution in [0.3, 0.4) is 0 Å². The molecule has 1 N–H and O–H groups in total. The highest BCUT2D eigenvalue weighted by molar-refractivity contribution is 7.92. The molecule has 1 aliphatic rings. The van der Waals surface area contributed by atoms with Gasteiger partial charge in [0.15, 0.2) is 9.84 Å². The maximum absolute atomic E-state index is 13.1.